The van der Waals surface area contributed by atoms with Crippen molar-refractivity contribution < 1.29 is 13.2 Å². The number of amides is 1. The lowest BCUT2D eigenvalue weighted by Crippen LogP contribution is -2.26. The summed E-state index contributed by atoms with van der Waals surface area (Å²) in [5, 5.41) is 9.68. The number of nitrogens with zero attached hydrogens (tertiary/aromatic N) is 2. The van der Waals surface area contributed by atoms with Gasteiger partial charge in [-0.15, -0.1) is 0 Å². The second-order valence-corrected chi connectivity index (χ2v) is 8.76. The number of hydrogen-bond donors (Lipinski definition) is 3. The Hall–Kier alpha value is -2.98. The van der Waals surface area contributed by atoms with Gasteiger partial charge in [0.05, 0.1) is 4.90 Å². The number of H-pyrrole nitrogens is 1. The number of aromatic amines is 1. The van der Waals surface area contributed by atoms with E-state index in [2.05, 4.69) is 20.2 Å². The molecule has 0 aliphatic rings. The van der Waals surface area contributed by atoms with Gasteiger partial charge in [-0.05, 0) is 56.4 Å². The maximum atomic E-state index is 12.7. The minimum atomic E-state index is -3.81. The second kappa shape index (κ2) is 9.23. The van der Waals surface area contributed by atoms with Crippen molar-refractivity contribution in [1.82, 2.24) is 20.1 Å². The molecule has 0 aliphatic carbocycles. The molecule has 0 unspecified atom stereocenters. The van der Waals surface area contributed by atoms with Crippen molar-refractivity contribution >= 4 is 33.8 Å². The summed E-state index contributed by atoms with van der Waals surface area (Å²) in [5.41, 5.74) is 1.75. The average Bonchev–Trinajstić information content (AvgIpc) is 3.09. The molecule has 0 saturated heterocycles. The molecule has 1 heterocycles. The van der Waals surface area contributed by atoms with Crippen molar-refractivity contribution in [1.29, 1.82) is 0 Å². The first-order valence-electron chi connectivity index (χ1n) is 9.42. The van der Waals surface area contributed by atoms with Gasteiger partial charge >= 0.3 is 0 Å². The summed E-state index contributed by atoms with van der Waals surface area (Å²) in [5.74, 6) is 0.390. The first kappa shape index (κ1) is 21.7. The van der Waals surface area contributed by atoms with E-state index in [-0.39, 0.29) is 16.4 Å². The van der Waals surface area contributed by atoms with Crippen molar-refractivity contribution in [2.45, 2.75) is 31.7 Å². The molecule has 0 bridgehead atoms. The number of carbonyl (C=O) groups excluding carboxylic acids is 1. The highest BCUT2D eigenvalue weighted by Crippen LogP contribution is 2.17. The Labute approximate surface area is 180 Å². The third-order valence-electron chi connectivity index (χ3n) is 4.50. The molecule has 3 aromatic rings. The molecular weight excluding hydrogens is 422 g/mol. The summed E-state index contributed by atoms with van der Waals surface area (Å²) in [4.78, 5) is 12.5. The lowest BCUT2D eigenvalue weighted by molar-refractivity contribution is 0.0953. The first-order chi connectivity index (χ1) is 14.3. The molecule has 0 radical (unpaired) electrons. The van der Waals surface area contributed by atoms with E-state index in [4.69, 9.17) is 12.2 Å². The number of nitrogens with one attached hydrogen (secondary N) is 3. The van der Waals surface area contributed by atoms with Crippen LogP contribution in [0.1, 0.15) is 28.7 Å². The molecule has 0 atom stereocenters. The van der Waals surface area contributed by atoms with Crippen LogP contribution in [0.4, 0.5) is 5.69 Å². The third-order valence-corrected chi connectivity index (χ3v) is 6.19. The van der Waals surface area contributed by atoms with Crippen LogP contribution >= 0.6 is 12.2 Å². The highest BCUT2D eigenvalue weighted by molar-refractivity contribution is 7.92. The molecule has 8 nitrogen and oxygen atoms in total. The van der Waals surface area contributed by atoms with E-state index in [1.807, 2.05) is 30.5 Å². The molecule has 30 heavy (non-hydrogen) atoms. The monoisotopic (exact) mass is 445 g/mol. The first-order valence-corrected chi connectivity index (χ1v) is 11.3. The fraction of sp³-hybridized carbons (Fsp3) is 0.250. The van der Waals surface area contributed by atoms with E-state index in [9.17, 15) is 13.2 Å². The SMILES string of the molecule is CCn1c(CCNC(=O)c2cccc(S(=O)(=O)Nc3ccc(C)cc3)c2)n[nH]c1=S. The molecule has 0 aliphatic heterocycles. The Morgan fingerprint density at radius 3 is 2.63 bits per heavy atom. The number of rotatable bonds is 8. The number of sulfonamides is 1. The minimum Gasteiger partial charge on any atom is -0.352 e. The van der Waals surface area contributed by atoms with Gasteiger partial charge in [0.15, 0.2) is 4.77 Å². The topological polar surface area (TPSA) is 109 Å². The Morgan fingerprint density at radius 1 is 1.20 bits per heavy atom. The van der Waals surface area contributed by atoms with Crippen molar-refractivity contribution in [3.05, 3.63) is 70.3 Å². The van der Waals surface area contributed by atoms with Crippen LogP contribution in [0.5, 0.6) is 0 Å². The van der Waals surface area contributed by atoms with Gasteiger partial charge in [-0.25, -0.2) is 8.42 Å². The summed E-state index contributed by atoms with van der Waals surface area (Å²) in [6.07, 6.45) is 0.500. The predicted octanol–water partition coefficient (Wildman–Crippen LogP) is 3.04. The van der Waals surface area contributed by atoms with Crippen LogP contribution < -0.4 is 10.0 Å². The van der Waals surface area contributed by atoms with Crippen molar-refractivity contribution in [3.63, 3.8) is 0 Å². The fourth-order valence-electron chi connectivity index (χ4n) is 2.90. The van der Waals surface area contributed by atoms with Crippen LogP contribution in [0.3, 0.4) is 0 Å². The summed E-state index contributed by atoms with van der Waals surface area (Å²) in [7, 11) is -3.81. The molecule has 1 aromatic heterocycles. The average molecular weight is 446 g/mol. The predicted molar refractivity (Wildman–Crippen MR) is 118 cm³/mol. The largest absolute Gasteiger partial charge is 0.352 e. The molecule has 0 fully saturated rings. The maximum absolute atomic E-state index is 12.7. The van der Waals surface area contributed by atoms with Crippen molar-refractivity contribution in [2.24, 2.45) is 0 Å². The molecule has 2 aromatic carbocycles. The standard InChI is InChI=1S/C20H23N5O3S2/c1-3-25-18(22-23-20(25)29)11-12-21-19(26)15-5-4-6-17(13-15)30(27,28)24-16-9-7-14(2)8-10-16/h4-10,13,24H,3,11-12H2,1-2H3,(H,21,26)(H,23,29). The number of carbonyl (C=O) groups is 1. The molecule has 10 heteroatoms. The van der Waals surface area contributed by atoms with Gasteiger partial charge in [0, 0.05) is 30.8 Å². The molecule has 1 amide bonds. The quantitative estimate of drug-likeness (QED) is 0.462. The number of aromatic nitrogens is 3. The summed E-state index contributed by atoms with van der Waals surface area (Å²) in [6.45, 7) is 4.91. The lowest BCUT2D eigenvalue weighted by Gasteiger charge is -2.10. The van der Waals surface area contributed by atoms with E-state index >= 15 is 0 Å². The van der Waals surface area contributed by atoms with E-state index in [0.717, 1.165) is 11.4 Å². The molecule has 0 saturated carbocycles. The van der Waals surface area contributed by atoms with Crippen molar-refractivity contribution in [3.8, 4) is 0 Å². The van der Waals surface area contributed by atoms with Crippen LogP contribution in [0, 0.1) is 11.7 Å². The number of hydrogen-bond acceptors (Lipinski definition) is 5. The van der Waals surface area contributed by atoms with Crippen LogP contribution in [0.2, 0.25) is 0 Å². The summed E-state index contributed by atoms with van der Waals surface area (Å²) >= 11 is 5.15. The number of anilines is 1. The van der Waals surface area contributed by atoms with Gasteiger partial charge < -0.3 is 9.88 Å². The van der Waals surface area contributed by atoms with Gasteiger partial charge in [-0.1, -0.05) is 23.8 Å². The summed E-state index contributed by atoms with van der Waals surface area (Å²) < 4.78 is 30.2. The van der Waals surface area contributed by atoms with Gasteiger partial charge in [-0.3, -0.25) is 14.6 Å². The normalized spacial score (nSPS) is 11.3. The Bertz CT molecular complexity index is 1200. The third kappa shape index (κ3) is 5.14. The van der Waals surface area contributed by atoms with E-state index in [0.29, 0.717) is 30.0 Å². The van der Waals surface area contributed by atoms with Gasteiger partial charge in [-0.2, -0.15) is 5.10 Å². The van der Waals surface area contributed by atoms with E-state index in [1.54, 1.807) is 24.3 Å². The molecular formula is C20H23N5O3S2. The number of benzene rings is 2. The molecule has 0 spiro atoms. The zero-order valence-corrected chi connectivity index (χ0v) is 18.3. The minimum absolute atomic E-state index is 0.0163. The Kier molecular flexibility index (Phi) is 6.68. The fourth-order valence-corrected chi connectivity index (χ4v) is 4.28. The number of aryl methyl sites for hydroxylation is 1. The van der Waals surface area contributed by atoms with Gasteiger partial charge in [0.1, 0.15) is 5.82 Å². The second-order valence-electron chi connectivity index (χ2n) is 6.69. The zero-order valence-electron chi connectivity index (χ0n) is 16.7. The molecule has 3 rings (SSSR count). The van der Waals surface area contributed by atoms with E-state index < -0.39 is 10.0 Å². The van der Waals surface area contributed by atoms with Crippen molar-refractivity contribution in [2.75, 3.05) is 11.3 Å². The summed E-state index contributed by atoms with van der Waals surface area (Å²) in [6, 6.07) is 12.9. The Morgan fingerprint density at radius 2 is 1.93 bits per heavy atom. The zero-order chi connectivity index (χ0) is 21.7. The molecule has 158 valence electrons. The van der Waals surface area contributed by atoms with E-state index in [1.165, 1.54) is 12.1 Å². The molecule has 3 N–H and O–H groups in total. The van der Waals surface area contributed by atoms with Crippen LogP contribution in [-0.4, -0.2) is 35.6 Å². The van der Waals surface area contributed by atoms with Gasteiger partial charge in [0.25, 0.3) is 15.9 Å². The lowest BCUT2D eigenvalue weighted by atomic mass is 10.2. The highest BCUT2D eigenvalue weighted by atomic mass is 32.2. The van der Waals surface area contributed by atoms with Crippen LogP contribution in [0.25, 0.3) is 0 Å². The highest BCUT2D eigenvalue weighted by Gasteiger charge is 2.16. The Balaban J connectivity index is 1.67. The van der Waals surface area contributed by atoms with Gasteiger partial charge in [0.2, 0.25) is 0 Å². The van der Waals surface area contributed by atoms with Crippen LogP contribution in [-0.2, 0) is 23.0 Å². The smallest absolute Gasteiger partial charge is 0.261 e. The van der Waals surface area contributed by atoms with Crippen LogP contribution in [0.15, 0.2) is 53.4 Å². The maximum Gasteiger partial charge on any atom is 0.261 e.